The summed E-state index contributed by atoms with van der Waals surface area (Å²) in [6, 6.07) is 9.49. The van der Waals surface area contributed by atoms with Crippen LogP contribution in [-0.2, 0) is 17.6 Å². The molecule has 1 aliphatic carbocycles. The Morgan fingerprint density at radius 2 is 1.83 bits per heavy atom. The van der Waals surface area contributed by atoms with Crippen molar-refractivity contribution in [2.75, 3.05) is 50.4 Å². The number of carbonyl (C=O) groups is 2. The summed E-state index contributed by atoms with van der Waals surface area (Å²) in [6.45, 7) is 6.35. The highest BCUT2D eigenvalue weighted by Crippen LogP contribution is 2.40. The van der Waals surface area contributed by atoms with Crippen LogP contribution in [0.25, 0.3) is 0 Å². The zero-order chi connectivity index (χ0) is 21.1. The van der Waals surface area contributed by atoms with E-state index in [1.54, 1.807) is 11.3 Å². The Hall–Kier alpha value is -2.22. The van der Waals surface area contributed by atoms with Gasteiger partial charge >= 0.3 is 0 Å². The number of hydrogen-bond acceptors (Lipinski definition) is 5. The Kier molecular flexibility index (Phi) is 6.51. The maximum absolute atomic E-state index is 13.2. The molecule has 0 radical (unpaired) electrons. The highest BCUT2D eigenvalue weighted by Gasteiger charge is 2.29. The van der Waals surface area contributed by atoms with Gasteiger partial charge in [0, 0.05) is 36.7 Å². The van der Waals surface area contributed by atoms with Crippen molar-refractivity contribution in [1.82, 2.24) is 9.80 Å². The van der Waals surface area contributed by atoms with E-state index >= 15 is 0 Å². The Bertz CT molecular complexity index is 903. The van der Waals surface area contributed by atoms with Crippen molar-refractivity contribution in [2.45, 2.75) is 26.2 Å². The summed E-state index contributed by atoms with van der Waals surface area (Å²) >= 11 is 1.58. The highest BCUT2D eigenvalue weighted by atomic mass is 32.1. The smallest absolute Gasteiger partial charge is 0.258 e. The van der Waals surface area contributed by atoms with E-state index in [2.05, 4.69) is 34.4 Å². The fraction of sp³-hybridized carbons (Fsp3) is 0.478. The number of carbonyl (C=O) groups excluding carboxylic acids is 2. The van der Waals surface area contributed by atoms with Crippen LogP contribution in [0.5, 0.6) is 0 Å². The molecule has 6 nitrogen and oxygen atoms in total. The van der Waals surface area contributed by atoms with Crippen molar-refractivity contribution in [3.8, 4) is 0 Å². The third-order valence-corrected chi connectivity index (χ3v) is 7.16. The van der Waals surface area contributed by atoms with E-state index in [0.717, 1.165) is 56.7 Å². The van der Waals surface area contributed by atoms with E-state index in [1.807, 2.05) is 30.3 Å². The number of anilines is 2. The highest BCUT2D eigenvalue weighted by molar-refractivity contribution is 7.17. The number of nitrogens with one attached hydrogen (secondary N) is 2. The molecule has 7 heteroatoms. The molecule has 1 atom stereocenters. The number of fused-ring (bicyclic) bond motifs is 1. The van der Waals surface area contributed by atoms with Gasteiger partial charge in [-0.3, -0.25) is 14.5 Å². The molecule has 1 saturated heterocycles. The van der Waals surface area contributed by atoms with Crippen LogP contribution < -0.4 is 10.6 Å². The van der Waals surface area contributed by atoms with E-state index < -0.39 is 0 Å². The van der Waals surface area contributed by atoms with Crippen LogP contribution in [0, 0.1) is 5.92 Å². The molecule has 4 rings (SSSR count). The molecule has 1 aromatic heterocycles. The fourth-order valence-corrected chi connectivity index (χ4v) is 5.59. The molecule has 0 bridgehead atoms. The van der Waals surface area contributed by atoms with E-state index in [0.29, 0.717) is 23.0 Å². The van der Waals surface area contributed by atoms with Gasteiger partial charge in [-0.05, 0) is 49.9 Å². The number of nitrogens with zero attached hydrogens (tertiary/aromatic N) is 2. The van der Waals surface area contributed by atoms with Gasteiger partial charge in [0.2, 0.25) is 5.91 Å². The second-order valence-electron chi connectivity index (χ2n) is 8.50. The largest absolute Gasteiger partial charge is 0.322 e. The topological polar surface area (TPSA) is 64.7 Å². The molecule has 2 aromatic rings. The summed E-state index contributed by atoms with van der Waals surface area (Å²) in [6.07, 6.45) is 2.93. The molecular weight excluding hydrogens is 396 g/mol. The molecule has 0 spiro atoms. The summed E-state index contributed by atoms with van der Waals surface area (Å²) in [5.74, 6) is 0.429. The molecule has 0 unspecified atom stereocenters. The minimum absolute atomic E-state index is 0.0417. The zero-order valence-electron chi connectivity index (χ0n) is 17.7. The normalized spacial score (nSPS) is 19.9. The first-order valence-corrected chi connectivity index (χ1v) is 11.5. The number of likely N-dealkylation sites (N-methyl/N-ethyl adjacent to an activating group) is 1. The minimum Gasteiger partial charge on any atom is -0.322 e. The lowest BCUT2D eigenvalue weighted by Gasteiger charge is -2.31. The monoisotopic (exact) mass is 426 g/mol. The molecule has 30 heavy (non-hydrogen) atoms. The van der Waals surface area contributed by atoms with Gasteiger partial charge in [0.05, 0.1) is 12.1 Å². The van der Waals surface area contributed by atoms with Crippen molar-refractivity contribution in [3.63, 3.8) is 0 Å². The Balaban J connectivity index is 1.52. The van der Waals surface area contributed by atoms with Crippen LogP contribution in [0.2, 0.25) is 0 Å². The maximum Gasteiger partial charge on any atom is 0.258 e. The molecule has 2 heterocycles. The molecular formula is C23H30N4O2S. The first kappa shape index (κ1) is 21.0. The number of benzene rings is 1. The van der Waals surface area contributed by atoms with Crippen LogP contribution in [0.15, 0.2) is 30.3 Å². The molecule has 2 amide bonds. The number of hydrogen-bond donors (Lipinski definition) is 2. The van der Waals surface area contributed by atoms with Crippen molar-refractivity contribution >= 4 is 33.8 Å². The SMILES string of the molecule is C[C@@H]1CCc2c(sc(NC(=O)CN3CCN(C)CC3)c2C(=O)Nc2ccccc2)C1. The minimum atomic E-state index is -0.136. The fourth-order valence-electron chi connectivity index (χ4n) is 4.17. The van der Waals surface area contributed by atoms with E-state index in [4.69, 9.17) is 0 Å². The summed E-state index contributed by atoms with van der Waals surface area (Å²) in [5.41, 5.74) is 2.53. The lowest BCUT2D eigenvalue weighted by molar-refractivity contribution is -0.117. The van der Waals surface area contributed by atoms with Gasteiger partial charge < -0.3 is 15.5 Å². The van der Waals surface area contributed by atoms with Crippen LogP contribution in [0.3, 0.4) is 0 Å². The summed E-state index contributed by atoms with van der Waals surface area (Å²) in [4.78, 5) is 31.7. The lowest BCUT2D eigenvalue weighted by Crippen LogP contribution is -2.47. The summed E-state index contributed by atoms with van der Waals surface area (Å²) < 4.78 is 0. The van der Waals surface area contributed by atoms with Gasteiger partial charge in [0.25, 0.3) is 5.91 Å². The van der Waals surface area contributed by atoms with Crippen molar-refractivity contribution in [1.29, 1.82) is 0 Å². The van der Waals surface area contributed by atoms with Crippen LogP contribution in [0.4, 0.5) is 10.7 Å². The van der Waals surface area contributed by atoms with Crippen LogP contribution in [-0.4, -0.2) is 61.4 Å². The first-order valence-electron chi connectivity index (χ1n) is 10.7. The lowest BCUT2D eigenvalue weighted by atomic mass is 9.88. The second-order valence-corrected chi connectivity index (χ2v) is 9.61. The second kappa shape index (κ2) is 9.29. The standard InChI is InChI=1S/C23H30N4O2S/c1-16-8-9-18-19(14-16)30-23(21(18)22(29)24-17-6-4-3-5-7-17)25-20(28)15-27-12-10-26(2)11-13-27/h3-7,16H,8-15H2,1-2H3,(H,24,29)(H,25,28)/t16-/m1/s1. The van der Waals surface area contributed by atoms with Gasteiger partial charge in [-0.15, -0.1) is 11.3 Å². The molecule has 1 aliphatic heterocycles. The van der Waals surface area contributed by atoms with Crippen LogP contribution >= 0.6 is 11.3 Å². The first-order chi connectivity index (χ1) is 14.5. The molecule has 2 N–H and O–H groups in total. The Labute approximate surface area is 182 Å². The quantitative estimate of drug-likeness (QED) is 0.770. The van der Waals surface area contributed by atoms with Gasteiger partial charge in [-0.25, -0.2) is 0 Å². The summed E-state index contributed by atoms with van der Waals surface area (Å²) in [7, 11) is 2.10. The number of amides is 2. The Morgan fingerprint density at radius 1 is 1.10 bits per heavy atom. The van der Waals surface area contributed by atoms with Crippen molar-refractivity contribution in [2.24, 2.45) is 5.92 Å². The third-order valence-electron chi connectivity index (χ3n) is 5.99. The molecule has 0 saturated carbocycles. The maximum atomic E-state index is 13.2. The predicted octanol–water partition coefficient (Wildman–Crippen LogP) is 3.31. The number of rotatable bonds is 5. The molecule has 2 aliphatic rings. The summed E-state index contributed by atoms with van der Waals surface area (Å²) in [5, 5.41) is 6.77. The van der Waals surface area contributed by atoms with E-state index in [-0.39, 0.29) is 11.8 Å². The number of thiophene rings is 1. The number of para-hydroxylation sites is 1. The molecule has 1 fully saturated rings. The van der Waals surface area contributed by atoms with Crippen LogP contribution in [0.1, 0.15) is 34.1 Å². The average Bonchev–Trinajstić information content (AvgIpc) is 3.07. The van der Waals surface area contributed by atoms with E-state index in [9.17, 15) is 9.59 Å². The van der Waals surface area contributed by atoms with Gasteiger partial charge in [-0.2, -0.15) is 0 Å². The Morgan fingerprint density at radius 3 is 2.57 bits per heavy atom. The number of piperazine rings is 1. The van der Waals surface area contributed by atoms with Crippen molar-refractivity contribution in [3.05, 3.63) is 46.3 Å². The van der Waals surface area contributed by atoms with Gasteiger partial charge in [0.15, 0.2) is 0 Å². The third kappa shape index (κ3) is 4.91. The average molecular weight is 427 g/mol. The predicted molar refractivity (Wildman–Crippen MR) is 122 cm³/mol. The van der Waals surface area contributed by atoms with Crippen molar-refractivity contribution < 1.29 is 9.59 Å². The molecule has 1 aromatic carbocycles. The van der Waals surface area contributed by atoms with E-state index in [1.165, 1.54) is 4.88 Å². The van der Waals surface area contributed by atoms with Gasteiger partial charge in [0.1, 0.15) is 5.00 Å². The van der Waals surface area contributed by atoms with Gasteiger partial charge in [-0.1, -0.05) is 25.1 Å². The zero-order valence-corrected chi connectivity index (χ0v) is 18.6. The molecule has 160 valence electrons.